The molecule has 0 aliphatic carbocycles. The highest BCUT2D eigenvalue weighted by Gasteiger charge is 2.32. The molecule has 0 bridgehead atoms. The zero-order chi connectivity index (χ0) is 19.4. The highest BCUT2D eigenvalue weighted by Crippen LogP contribution is 2.33. The first-order valence-corrected chi connectivity index (χ1v) is 8.40. The molecule has 140 valence electrons. The summed E-state index contributed by atoms with van der Waals surface area (Å²) in [5.41, 5.74) is 2.18. The van der Waals surface area contributed by atoms with Crippen LogP contribution in [0, 0.1) is 0 Å². The predicted molar refractivity (Wildman–Crippen MR) is 102 cm³/mol. The van der Waals surface area contributed by atoms with Crippen molar-refractivity contribution >= 4 is 17.6 Å². The van der Waals surface area contributed by atoms with E-state index < -0.39 is 6.04 Å². The van der Waals surface area contributed by atoms with Crippen LogP contribution in [0.15, 0.2) is 59.8 Å². The van der Waals surface area contributed by atoms with Gasteiger partial charge in [0, 0.05) is 23.0 Å². The molecule has 1 atom stereocenters. The van der Waals surface area contributed by atoms with Crippen molar-refractivity contribution in [3.63, 3.8) is 0 Å². The van der Waals surface area contributed by atoms with Crippen LogP contribution in [0.2, 0.25) is 0 Å². The molecule has 0 fully saturated rings. The van der Waals surface area contributed by atoms with Crippen molar-refractivity contribution in [2.45, 2.75) is 13.0 Å². The van der Waals surface area contributed by atoms with E-state index in [-0.39, 0.29) is 11.9 Å². The molecule has 27 heavy (non-hydrogen) atoms. The van der Waals surface area contributed by atoms with E-state index in [1.54, 1.807) is 51.5 Å². The lowest BCUT2D eigenvalue weighted by molar-refractivity contribution is -0.113. The molecule has 0 saturated carbocycles. The summed E-state index contributed by atoms with van der Waals surface area (Å²) in [6.07, 6.45) is 0. The fourth-order valence-electron chi connectivity index (χ4n) is 3.03. The van der Waals surface area contributed by atoms with Crippen LogP contribution in [0.1, 0.15) is 18.5 Å². The van der Waals surface area contributed by atoms with E-state index in [4.69, 9.17) is 9.47 Å². The van der Waals surface area contributed by atoms with E-state index in [0.29, 0.717) is 34.0 Å². The first kappa shape index (κ1) is 18.3. The van der Waals surface area contributed by atoms with E-state index >= 15 is 0 Å². The Kier molecular flexibility index (Phi) is 5.30. The molecule has 2 aromatic carbocycles. The van der Waals surface area contributed by atoms with Gasteiger partial charge in [0.2, 0.25) is 0 Å². The van der Waals surface area contributed by atoms with Gasteiger partial charge in [-0.05, 0) is 25.1 Å². The Hall–Kier alpha value is -3.48. The van der Waals surface area contributed by atoms with Crippen molar-refractivity contribution in [3.05, 3.63) is 65.4 Å². The van der Waals surface area contributed by atoms with Gasteiger partial charge in [-0.1, -0.05) is 24.3 Å². The Morgan fingerprint density at radius 2 is 1.85 bits per heavy atom. The van der Waals surface area contributed by atoms with Gasteiger partial charge in [0.05, 0.1) is 25.8 Å². The lowest BCUT2D eigenvalue weighted by atomic mass is 9.94. The van der Waals surface area contributed by atoms with Crippen LogP contribution in [-0.2, 0) is 4.79 Å². The van der Waals surface area contributed by atoms with Gasteiger partial charge >= 0.3 is 6.03 Å². The molecule has 1 aliphatic rings. The lowest BCUT2D eigenvalue weighted by Crippen LogP contribution is -2.46. The molecule has 0 radical (unpaired) electrons. The molecule has 7 nitrogen and oxygen atoms in total. The number of urea groups is 1. The summed E-state index contributed by atoms with van der Waals surface area (Å²) in [5, 5.41) is 8.32. The van der Waals surface area contributed by atoms with Gasteiger partial charge in [-0.25, -0.2) is 4.79 Å². The van der Waals surface area contributed by atoms with Crippen molar-refractivity contribution in [1.82, 2.24) is 10.6 Å². The van der Waals surface area contributed by atoms with Gasteiger partial charge in [-0.15, -0.1) is 0 Å². The van der Waals surface area contributed by atoms with Gasteiger partial charge in [0.25, 0.3) is 5.91 Å². The number of amides is 3. The van der Waals surface area contributed by atoms with Crippen LogP contribution in [-0.4, -0.2) is 26.2 Å². The van der Waals surface area contributed by atoms with Crippen LogP contribution in [0.3, 0.4) is 0 Å². The van der Waals surface area contributed by atoms with Crippen molar-refractivity contribution in [1.29, 1.82) is 0 Å². The topological polar surface area (TPSA) is 88.7 Å². The molecule has 1 heterocycles. The van der Waals surface area contributed by atoms with E-state index in [9.17, 15) is 9.59 Å². The van der Waals surface area contributed by atoms with E-state index in [1.807, 2.05) is 18.2 Å². The first-order valence-electron chi connectivity index (χ1n) is 8.40. The molecular formula is C20H21N3O4. The second-order valence-corrected chi connectivity index (χ2v) is 6.00. The van der Waals surface area contributed by atoms with E-state index in [0.717, 1.165) is 0 Å². The molecule has 2 aromatic rings. The van der Waals surface area contributed by atoms with Gasteiger partial charge in [0.15, 0.2) is 0 Å². The van der Waals surface area contributed by atoms with Gasteiger partial charge < -0.3 is 25.4 Å². The molecular weight excluding hydrogens is 346 g/mol. The third kappa shape index (κ3) is 3.87. The summed E-state index contributed by atoms with van der Waals surface area (Å²) >= 11 is 0. The van der Waals surface area contributed by atoms with Crippen molar-refractivity contribution in [2.24, 2.45) is 0 Å². The number of hydrogen-bond donors (Lipinski definition) is 3. The molecule has 0 unspecified atom stereocenters. The number of carbonyl (C=O) groups is 2. The Morgan fingerprint density at radius 1 is 1.07 bits per heavy atom. The number of nitrogens with one attached hydrogen (secondary N) is 3. The fourth-order valence-corrected chi connectivity index (χ4v) is 3.03. The molecule has 0 saturated heterocycles. The van der Waals surface area contributed by atoms with Crippen molar-refractivity contribution in [3.8, 4) is 11.5 Å². The van der Waals surface area contributed by atoms with Gasteiger partial charge in [-0.2, -0.15) is 0 Å². The predicted octanol–water partition coefficient (Wildman–Crippen LogP) is 2.97. The third-order valence-corrected chi connectivity index (χ3v) is 4.29. The smallest absolute Gasteiger partial charge is 0.319 e. The minimum absolute atomic E-state index is 0.329. The number of allylic oxidation sites excluding steroid dienone is 1. The molecule has 3 amide bonds. The average molecular weight is 367 g/mol. The summed E-state index contributed by atoms with van der Waals surface area (Å²) in [7, 11) is 3.11. The zero-order valence-electron chi connectivity index (χ0n) is 15.3. The summed E-state index contributed by atoms with van der Waals surface area (Å²) < 4.78 is 10.6. The van der Waals surface area contributed by atoms with E-state index in [1.165, 1.54) is 0 Å². The quantitative estimate of drug-likeness (QED) is 0.758. The standard InChI is InChI=1S/C20H21N3O4/c1-12-17(19(24)22-13-7-6-8-14(11-13)26-2)18(23-20(25)21-12)15-9-4-5-10-16(15)27-3/h4-11,18H,1-3H3,(H,22,24)(H2,21,23,25)/t18-/m0/s1. The summed E-state index contributed by atoms with van der Waals surface area (Å²) in [5.74, 6) is 0.892. The van der Waals surface area contributed by atoms with Crippen LogP contribution in [0.5, 0.6) is 11.5 Å². The number of rotatable bonds is 5. The zero-order valence-corrected chi connectivity index (χ0v) is 15.3. The SMILES string of the molecule is COc1cccc(NC(=O)C2=C(C)NC(=O)N[C@H]2c2ccccc2OC)c1. The average Bonchev–Trinajstić information content (AvgIpc) is 2.67. The van der Waals surface area contributed by atoms with Crippen LogP contribution >= 0.6 is 0 Å². The summed E-state index contributed by atoms with van der Waals surface area (Å²) in [6.45, 7) is 1.70. The van der Waals surface area contributed by atoms with Crippen LogP contribution in [0.4, 0.5) is 10.5 Å². The van der Waals surface area contributed by atoms with Crippen molar-refractivity contribution in [2.75, 3.05) is 19.5 Å². The maximum absolute atomic E-state index is 13.0. The van der Waals surface area contributed by atoms with Gasteiger partial charge in [-0.3, -0.25) is 4.79 Å². The van der Waals surface area contributed by atoms with E-state index in [2.05, 4.69) is 16.0 Å². The molecule has 1 aliphatic heterocycles. The Bertz CT molecular complexity index is 908. The first-order chi connectivity index (χ1) is 13.0. The Morgan fingerprint density at radius 3 is 2.59 bits per heavy atom. The number of ether oxygens (including phenoxy) is 2. The number of benzene rings is 2. The lowest BCUT2D eigenvalue weighted by Gasteiger charge is -2.29. The fraction of sp³-hybridized carbons (Fsp3) is 0.200. The maximum atomic E-state index is 13.0. The largest absolute Gasteiger partial charge is 0.497 e. The number of methoxy groups -OCH3 is 2. The highest BCUT2D eigenvalue weighted by atomic mass is 16.5. The Balaban J connectivity index is 1.97. The Labute approximate surface area is 157 Å². The second kappa shape index (κ2) is 7.82. The van der Waals surface area contributed by atoms with Crippen LogP contribution in [0.25, 0.3) is 0 Å². The molecule has 7 heteroatoms. The monoisotopic (exact) mass is 367 g/mol. The number of anilines is 1. The number of hydrogen-bond acceptors (Lipinski definition) is 4. The highest BCUT2D eigenvalue weighted by molar-refractivity contribution is 6.07. The minimum Gasteiger partial charge on any atom is -0.497 e. The molecule has 0 aromatic heterocycles. The molecule has 3 N–H and O–H groups in total. The van der Waals surface area contributed by atoms with Crippen molar-refractivity contribution < 1.29 is 19.1 Å². The summed E-state index contributed by atoms with van der Waals surface area (Å²) in [6, 6.07) is 13.3. The molecule has 3 rings (SSSR count). The maximum Gasteiger partial charge on any atom is 0.319 e. The number of para-hydroxylation sites is 1. The molecule has 0 spiro atoms. The van der Waals surface area contributed by atoms with Gasteiger partial charge in [0.1, 0.15) is 11.5 Å². The second-order valence-electron chi connectivity index (χ2n) is 6.00. The minimum atomic E-state index is -0.638. The normalized spacial score (nSPS) is 16.3. The summed E-state index contributed by atoms with van der Waals surface area (Å²) in [4.78, 5) is 25.0. The number of carbonyl (C=O) groups excluding carboxylic acids is 2. The third-order valence-electron chi connectivity index (χ3n) is 4.29. The van der Waals surface area contributed by atoms with Crippen LogP contribution < -0.4 is 25.4 Å².